The van der Waals surface area contributed by atoms with Crippen molar-refractivity contribution in [3.8, 4) is 17.2 Å². The van der Waals surface area contributed by atoms with Crippen molar-refractivity contribution in [2.24, 2.45) is 0 Å². The second-order valence-electron chi connectivity index (χ2n) is 7.99. The molecule has 1 aliphatic carbocycles. The van der Waals surface area contributed by atoms with Crippen LogP contribution in [-0.4, -0.2) is 18.9 Å². The summed E-state index contributed by atoms with van der Waals surface area (Å²) in [6, 6.07) is 22.1. The molecule has 32 heavy (non-hydrogen) atoms. The van der Waals surface area contributed by atoms with Gasteiger partial charge in [0.05, 0.1) is 12.8 Å². The van der Waals surface area contributed by atoms with Crippen molar-refractivity contribution in [1.29, 1.82) is 0 Å². The van der Waals surface area contributed by atoms with Gasteiger partial charge in [-0.25, -0.2) is 4.90 Å². The maximum atomic E-state index is 13.4. The summed E-state index contributed by atoms with van der Waals surface area (Å²) in [5.74, 6) is 1.20. The Kier molecular flexibility index (Phi) is 4.05. The molecule has 5 nitrogen and oxygen atoms in total. The smallest absolute Gasteiger partial charge is 0.265 e. The Morgan fingerprint density at radius 3 is 1.88 bits per heavy atom. The van der Waals surface area contributed by atoms with Gasteiger partial charge in [0.1, 0.15) is 5.75 Å². The zero-order valence-corrected chi connectivity index (χ0v) is 17.4. The number of aryl methyl sites for hydroxylation is 2. The minimum Gasteiger partial charge on any atom is -0.493 e. The maximum Gasteiger partial charge on any atom is 0.265 e. The van der Waals surface area contributed by atoms with E-state index in [-0.39, 0.29) is 11.8 Å². The molecule has 0 atom stereocenters. The van der Waals surface area contributed by atoms with Gasteiger partial charge in [0, 0.05) is 16.5 Å². The summed E-state index contributed by atoms with van der Waals surface area (Å²) in [6.07, 6.45) is 1.91. The Hall–Kier alpha value is -4.12. The first kappa shape index (κ1) is 18.6. The highest BCUT2D eigenvalue weighted by molar-refractivity contribution is 6.36. The molecule has 1 aliphatic heterocycles. The third-order valence-corrected chi connectivity index (χ3v) is 6.26. The standard InChI is InChI=1S/C27H19NO4/c1-31-22-4-2-3-5-23(22)32-19-12-10-18(11-13-19)28-26(29)20-14-8-16-6-7-17-9-15-21(27(28)30)25(20)24(16)17/h2-5,8-15H,6-7H2,1H3. The molecule has 0 spiro atoms. The summed E-state index contributed by atoms with van der Waals surface area (Å²) in [5, 5.41) is 1.89. The number of carbonyl (C=O) groups is 2. The van der Waals surface area contributed by atoms with Crippen LogP contribution in [0.5, 0.6) is 17.2 Å². The summed E-state index contributed by atoms with van der Waals surface area (Å²) in [5.41, 5.74) is 4.10. The Morgan fingerprint density at radius 1 is 0.688 bits per heavy atom. The van der Waals surface area contributed by atoms with E-state index in [9.17, 15) is 9.59 Å². The molecule has 0 aromatic heterocycles. The third-order valence-electron chi connectivity index (χ3n) is 6.26. The molecule has 156 valence electrons. The summed E-state index contributed by atoms with van der Waals surface area (Å²) in [7, 11) is 1.59. The van der Waals surface area contributed by atoms with Crippen LogP contribution in [0.25, 0.3) is 10.8 Å². The number of amides is 2. The van der Waals surface area contributed by atoms with Gasteiger partial charge < -0.3 is 9.47 Å². The van der Waals surface area contributed by atoms with Gasteiger partial charge >= 0.3 is 0 Å². The van der Waals surface area contributed by atoms with Crippen LogP contribution in [0.4, 0.5) is 5.69 Å². The first-order valence-electron chi connectivity index (χ1n) is 10.5. The van der Waals surface area contributed by atoms with Gasteiger partial charge in [-0.15, -0.1) is 0 Å². The number of rotatable bonds is 4. The molecular weight excluding hydrogens is 402 g/mol. The minimum atomic E-state index is -0.295. The van der Waals surface area contributed by atoms with Gasteiger partial charge in [0.25, 0.3) is 11.8 Å². The number of benzene rings is 4. The number of ether oxygens (including phenoxy) is 2. The van der Waals surface area contributed by atoms with Crippen LogP contribution in [0.15, 0.2) is 72.8 Å². The monoisotopic (exact) mass is 421 g/mol. The van der Waals surface area contributed by atoms with Crippen molar-refractivity contribution in [3.05, 3.63) is 95.1 Å². The van der Waals surface area contributed by atoms with Gasteiger partial charge in [-0.1, -0.05) is 24.3 Å². The minimum absolute atomic E-state index is 0.295. The Labute approximate surface area is 184 Å². The zero-order chi connectivity index (χ0) is 21.8. The highest BCUT2D eigenvalue weighted by Gasteiger charge is 2.35. The highest BCUT2D eigenvalue weighted by atomic mass is 16.5. The van der Waals surface area contributed by atoms with E-state index >= 15 is 0 Å². The molecule has 0 radical (unpaired) electrons. The van der Waals surface area contributed by atoms with Crippen molar-refractivity contribution in [1.82, 2.24) is 0 Å². The zero-order valence-electron chi connectivity index (χ0n) is 17.4. The fourth-order valence-corrected chi connectivity index (χ4v) is 4.75. The van der Waals surface area contributed by atoms with E-state index in [4.69, 9.17) is 9.47 Å². The predicted molar refractivity (Wildman–Crippen MR) is 122 cm³/mol. The quantitative estimate of drug-likeness (QED) is 0.406. The molecular formula is C27H19NO4. The topological polar surface area (TPSA) is 55.8 Å². The van der Waals surface area contributed by atoms with Crippen LogP contribution < -0.4 is 14.4 Å². The number of hydrogen-bond donors (Lipinski definition) is 0. The summed E-state index contributed by atoms with van der Waals surface area (Å²) in [6.45, 7) is 0. The molecule has 4 aromatic carbocycles. The normalized spacial score (nSPS) is 14.2. The van der Waals surface area contributed by atoms with E-state index < -0.39 is 0 Å². The van der Waals surface area contributed by atoms with Crippen LogP contribution in [0.2, 0.25) is 0 Å². The van der Waals surface area contributed by atoms with E-state index in [0.717, 1.165) is 23.6 Å². The number of imide groups is 1. The molecule has 0 saturated heterocycles. The Bertz CT molecular complexity index is 1360. The lowest BCUT2D eigenvalue weighted by Gasteiger charge is -2.27. The summed E-state index contributed by atoms with van der Waals surface area (Å²) >= 11 is 0. The lowest BCUT2D eigenvalue weighted by molar-refractivity contribution is 0.0893. The number of nitrogens with zero attached hydrogens (tertiary/aromatic N) is 1. The lowest BCUT2D eigenvalue weighted by Crippen LogP contribution is -2.40. The van der Waals surface area contributed by atoms with Crippen molar-refractivity contribution in [3.63, 3.8) is 0 Å². The van der Waals surface area contributed by atoms with Crippen molar-refractivity contribution >= 4 is 28.3 Å². The molecule has 0 saturated carbocycles. The largest absolute Gasteiger partial charge is 0.493 e. The number of hydrogen-bond acceptors (Lipinski definition) is 4. The predicted octanol–water partition coefficient (Wildman–Crippen LogP) is 5.54. The molecule has 4 aromatic rings. The van der Waals surface area contributed by atoms with Crippen molar-refractivity contribution in [2.45, 2.75) is 12.8 Å². The fourth-order valence-electron chi connectivity index (χ4n) is 4.75. The number of para-hydroxylation sites is 2. The molecule has 0 N–H and O–H groups in total. The Morgan fingerprint density at radius 2 is 1.28 bits per heavy atom. The third kappa shape index (κ3) is 2.64. The lowest BCUT2D eigenvalue weighted by atomic mass is 9.91. The van der Waals surface area contributed by atoms with E-state index in [1.807, 2.05) is 48.5 Å². The molecule has 0 fully saturated rings. The first-order chi connectivity index (χ1) is 15.7. The maximum absolute atomic E-state index is 13.4. The van der Waals surface area contributed by atoms with Gasteiger partial charge in [-0.3, -0.25) is 9.59 Å². The van der Waals surface area contributed by atoms with Gasteiger partial charge in [-0.05, 0) is 77.9 Å². The van der Waals surface area contributed by atoms with Crippen LogP contribution in [-0.2, 0) is 12.8 Å². The SMILES string of the molecule is COc1ccccc1Oc1ccc(N2C(=O)c3ccc4c5c(ccc(c35)C2=O)CC4)cc1. The molecule has 1 heterocycles. The van der Waals surface area contributed by atoms with Gasteiger partial charge in [0.15, 0.2) is 11.5 Å². The van der Waals surface area contributed by atoms with Crippen LogP contribution in [0.1, 0.15) is 31.8 Å². The number of carbonyl (C=O) groups excluding carboxylic acids is 2. The average molecular weight is 421 g/mol. The van der Waals surface area contributed by atoms with Crippen LogP contribution >= 0.6 is 0 Å². The van der Waals surface area contributed by atoms with E-state index in [1.54, 1.807) is 31.4 Å². The average Bonchev–Trinajstić information content (AvgIpc) is 3.25. The highest BCUT2D eigenvalue weighted by Crippen LogP contribution is 2.40. The number of methoxy groups -OCH3 is 1. The fraction of sp³-hybridized carbons (Fsp3) is 0.111. The van der Waals surface area contributed by atoms with E-state index in [1.165, 1.54) is 16.0 Å². The van der Waals surface area contributed by atoms with E-state index in [0.29, 0.717) is 34.1 Å². The van der Waals surface area contributed by atoms with Crippen LogP contribution in [0, 0.1) is 0 Å². The van der Waals surface area contributed by atoms with Gasteiger partial charge in [-0.2, -0.15) is 0 Å². The number of anilines is 1. The molecule has 2 amide bonds. The molecule has 2 aliphatic rings. The molecule has 0 unspecified atom stereocenters. The molecule has 6 rings (SSSR count). The first-order valence-corrected chi connectivity index (χ1v) is 10.5. The summed E-state index contributed by atoms with van der Waals surface area (Å²) in [4.78, 5) is 28.0. The second kappa shape index (κ2) is 6.95. The van der Waals surface area contributed by atoms with Crippen LogP contribution in [0.3, 0.4) is 0 Å². The molecule has 0 bridgehead atoms. The Balaban J connectivity index is 1.37. The van der Waals surface area contributed by atoms with Crippen molar-refractivity contribution in [2.75, 3.05) is 12.0 Å². The van der Waals surface area contributed by atoms with Crippen molar-refractivity contribution < 1.29 is 19.1 Å². The second-order valence-corrected chi connectivity index (χ2v) is 7.99. The van der Waals surface area contributed by atoms with E-state index in [2.05, 4.69) is 0 Å². The summed E-state index contributed by atoms with van der Waals surface area (Å²) < 4.78 is 11.2. The van der Waals surface area contributed by atoms with Gasteiger partial charge in [0.2, 0.25) is 0 Å². The molecule has 5 heteroatoms.